The molecule has 0 unspecified atom stereocenters. The number of amides is 2. The summed E-state index contributed by atoms with van der Waals surface area (Å²) in [4.78, 5) is 16.2. The van der Waals surface area contributed by atoms with Gasteiger partial charge >= 0.3 is 6.03 Å². The van der Waals surface area contributed by atoms with Crippen LogP contribution < -0.4 is 5.32 Å². The molecule has 2 heterocycles. The minimum atomic E-state index is -0.388. The highest BCUT2D eigenvalue weighted by Gasteiger charge is 2.24. The largest absolute Gasteiger partial charge is 0.391 e. The topological polar surface area (TPSA) is 55.8 Å². The average Bonchev–Trinajstić information content (AvgIpc) is 2.63. The number of rotatable bonds is 4. The number of aliphatic hydroxyl groups excluding tert-OH is 1. The minimum Gasteiger partial charge on any atom is -0.391 e. The summed E-state index contributed by atoms with van der Waals surface area (Å²) in [6.45, 7) is 4.35. The van der Waals surface area contributed by atoms with Crippen LogP contribution in [0.3, 0.4) is 0 Å². The van der Waals surface area contributed by atoms with E-state index in [-0.39, 0.29) is 18.0 Å². The van der Waals surface area contributed by atoms with Crippen LogP contribution in [-0.4, -0.2) is 59.8 Å². The van der Waals surface area contributed by atoms with E-state index in [1.54, 1.807) is 11.0 Å². The molecular weight excluding hydrogens is 321 g/mol. The molecule has 0 radical (unpaired) electrons. The van der Waals surface area contributed by atoms with E-state index < -0.39 is 0 Å². The number of nitrogens with one attached hydrogen (secondary N) is 1. The Balaban J connectivity index is 1.38. The van der Waals surface area contributed by atoms with Crippen LogP contribution in [0.5, 0.6) is 0 Å². The van der Waals surface area contributed by atoms with E-state index in [0.29, 0.717) is 25.6 Å². The molecule has 0 aromatic heterocycles. The van der Waals surface area contributed by atoms with Crippen LogP contribution in [0, 0.1) is 11.7 Å². The van der Waals surface area contributed by atoms with Gasteiger partial charge in [-0.15, -0.1) is 0 Å². The lowest BCUT2D eigenvalue weighted by Crippen LogP contribution is -2.48. The van der Waals surface area contributed by atoms with Gasteiger partial charge in [-0.25, -0.2) is 9.18 Å². The Labute approximate surface area is 148 Å². The van der Waals surface area contributed by atoms with Gasteiger partial charge in [-0.1, -0.05) is 18.2 Å². The van der Waals surface area contributed by atoms with Gasteiger partial charge in [0.05, 0.1) is 6.10 Å². The summed E-state index contributed by atoms with van der Waals surface area (Å²) in [5.74, 6) is 0.330. The summed E-state index contributed by atoms with van der Waals surface area (Å²) in [7, 11) is 0. The third-order valence-corrected chi connectivity index (χ3v) is 5.28. The van der Waals surface area contributed by atoms with Crippen molar-refractivity contribution in [2.45, 2.75) is 38.3 Å². The van der Waals surface area contributed by atoms with Crippen LogP contribution in [0.4, 0.5) is 9.18 Å². The van der Waals surface area contributed by atoms with Gasteiger partial charge in [-0.2, -0.15) is 0 Å². The van der Waals surface area contributed by atoms with E-state index in [2.05, 4.69) is 10.2 Å². The number of aliphatic hydroxyl groups is 1. The lowest BCUT2D eigenvalue weighted by molar-refractivity contribution is 0.0833. The standard InChI is InChI=1S/C19H28FN3O2/c20-18-6-2-1-4-16(18)13-22-10-7-15(8-11-22)12-21-19(25)23-9-3-5-17(24)14-23/h1-2,4,6,15,17,24H,3,5,7-14H2,(H,21,25)/t17-/m1/s1. The van der Waals surface area contributed by atoms with Crippen LogP contribution in [0.25, 0.3) is 0 Å². The van der Waals surface area contributed by atoms with Crippen molar-refractivity contribution < 1.29 is 14.3 Å². The van der Waals surface area contributed by atoms with E-state index in [0.717, 1.165) is 50.9 Å². The Hall–Kier alpha value is -1.66. The number of carbonyl (C=O) groups is 1. The van der Waals surface area contributed by atoms with Crippen molar-refractivity contribution in [3.63, 3.8) is 0 Å². The molecule has 2 amide bonds. The van der Waals surface area contributed by atoms with E-state index in [9.17, 15) is 14.3 Å². The highest BCUT2D eigenvalue weighted by atomic mass is 19.1. The van der Waals surface area contributed by atoms with Gasteiger partial charge in [0.25, 0.3) is 0 Å². The fraction of sp³-hybridized carbons (Fsp3) is 0.632. The number of likely N-dealkylation sites (tertiary alicyclic amines) is 2. The predicted octanol–water partition coefficient (Wildman–Crippen LogP) is 2.20. The second kappa shape index (κ2) is 8.63. The number of hydrogen-bond acceptors (Lipinski definition) is 3. The molecule has 0 spiro atoms. The van der Waals surface area contributed by atoms with Crippen LogP contribution >= 0.6 is 0 Å². The number of halogens is 1. The summed E-state index contributed by atoms with van der Waals surface area (Å²) in [5.41, 5.74) is 0.748. The van der Waals surface area contributed by atoms with E-state index in [1.165, 1.54) is 6.07 Å². The lowest BCUT2D eigenvalue weighted by atomic mass is 9.96. The Kier molecular flexibility index (Phi) is 6.26. The third kappa shape index (κ3) is 5.16. The smallest absolute Gasteiger partial charge is 0.317 e. The Morgan fingerprint density at radius 2 is 1.96 bits per heavy atom. The molecule has 0 bridgehead atoms. The molecule has 1 aromatic carbocycles. The van der Waals surface area contributed by atoms with Crippen molar-refractivity contribution >= 4 is 6.03 Å². The number of nitrogens with zero attached hydrogens (tertiary/aromatic N) is 2. The molecule has 2 fully saturated rings. The van der Waals surface area contributed by atoms with Crippen molar-refractivity contribution in [3.8, 4) is 0 Å². The number of hydrogen-bond donors (Lipinski definition) is 2. The first-order chi connectivity index (χ1) is 12.1. The van der Waals surface area contributed by atoms with Crippen LogP contribution in [0.2, 0.25) is 0 Å². The highest BCUT2D eigenvalue weighted by molar-refractivity contribution is 5.74. The van der Waals surface area contributed by atoms with Gasteiger partial charge in [0.15, 0.2) is 0 Å². The Bertz CT molecular complexity index is 576. The molecule has 2 aliphatic heterocycles. The molecule has 5 nitrogen and oxygen atoms in total. The zero-order valence-electron chi connectivity index (χ0n) is 14.7. The number of carbonyl (C=O) groups excluding carboxylic acids is 1. The first-order valence-electron chi connectivity index (χ1n) is 9.28. The number of urea groups is 1. The van der Waals surface area contributed by atoms with Gasteiger partial charge in [-0.3, -0.25) is 4.90 Å². The molecule has 1 aromatic rings. The number of benzene rings is 1. The molecule has 25 heavy (non-hydrogen) atoms. The molecular formula is C19H28FN3O2. The summed E-state index contributed by atoms with van der Waals surface area (Å²) in [6.07, 6.45) is 3.28. The fourth-order valence-corrected chi connectivity index (χ4v) is 3.70. The normalized spacial score (nSPS) is 22.8. The molecule has 2 saturated heterocycles. The quantitative estimate of drug-likeness (QED) is 0.876. The second-order valence-electron chi connectivity index (χ2n) is 7.24. The van der Waals surface area contributed by atoms with Crippen molar-refractivity contribution in [1.29, 1.82) is 0 Å². The molecule has 1 atom stereocenters. The first-order valence-corrected chi connectivity index (χ1v) is 9.28. The second-order valence-corrected chi connectivity index (χ2v) is 7.24. The molecule has 6 heteroatoms. The lowest BCUT2D eigenvalue weighted by Gasteiger charge is -2.33. The molecule has 3 rings (SSSR count). The van der Waals surface area contributed by atoms with Crippen LogP contribution in [-0.2, 0) is 6.54 Å². The van der Waals surface area contributed by atoms with E-state index >= 15 is 0 Å². The molecule has 2 N–H and O–H groups in total. The van der Waals surface area contributed by atoms with E-state index in [4.69, 9.17) is 0 Å². The van der Waals surface area contributed by atoms with Gasteiger partial charge in [0.1, 0.15) is 5.82 Å². The SMILES string of the molecule is O=C(NCC1CCN(Cc2ccccc2F)CC1)N1CCC[C@@H](O)C1. The van der Waals surface area contributed by atoms with Crippen molar-refractivity contribution in [1.82, 2.24) is 15.1 Å². The summed E-state index contributed by atoms with van der Waals surface area (Å²) in [6, 6.07) is 6.88. The molecule has 0 saturated carbocycles. The van der Waals surface area contributed by atoms with Crippen molar-refractivity contribution in [2.75, 3.05) is 32.7 Å². The molecule has 2 aliphatic rings. The summed E-state index contributed by atoms with van der Waals surface area (Å²) >= 11 is 0. The summed E-state index contributed by atoms with van der Waals surface area (Å²) in [5, 5.41) is 12.7. The first kappa shape index (κ1) is 18.1. The fourth-order valence-electron chi connectivity index (χ4n) is 3.70. The maximum atomic E-state index is 13.7. The van der Waals surface area contributed by atoms with Crippen molar-refractivity contribution in [3.05, 3.63) is 35.6 Å². The maximum absolute atomic E-state index is 13.7. The van der Waals surface area contributed by atoms with Gasteiger partial charge in [-0.05, 0) is 50.8 Å². The van der Waals surface area contributed by atoms with Gasteiger partial charge in [0, 0.05) is 31.7 Å². The molecule has 0 aliphatic carbocycles. The monoisotopic (exact) mass is 349 g/mol. The zero-order chi connectivity index (χ0) is 17.6. The zero-order valence-corrected chi connectivity index (χ0v) is 14.7. The van der Waals surface area contributed by atoms with Gasteiger partial charge in [0.2, 0.25) is 0 Å². The van der Waals surface area contributed by atoms with Crippen LogP contribution in [0.1, 0.15) is 31.2 Å². The predicted molar refractivity (Wildman–Crippen MR) is 94.6 cm³/mol. The summed E-state index contributed by atoms with van der Waals surface area (Å²) < 4.78 is 13.7. The number of piperidine rings is 2. The molecule has 138 valence electrons. The highest BCUT2D eigenvalue weighted by Crippen LogP contribution is 2.19. The minimum absolute atomic E-state index is 0.0625. The Morgan fingerprint density at radius 1 is 1.20 bits per heavy atom. The van der Waals surface area contributed by atoms with Gasteiger partial charge < -0.3 is 15.3 Å². The van der Waals surface area contributed by atoms with Crippen LogP contribution in [0.15, 0.2) is 24.3 Å². The van der Waals surface area contributed by atoms with E-state index in [1.807, 2.05) is 12.1 Å². The average molecular weight is 349 g/mol. The third-order valence-electron chi connectivity index (χ3n) is 5.28. The Morgan fingerprint density at radius 3 is 2.68 bits per heavy atom. The number of β-amino-alcohol motifs (C(OH)–C–C–N with tert-alkyl or cyclic N) is 1. The van der Waals surface area contributed by atoms with Crippen molar-refractivity contribution in [2.24, 2.45) is 5.92 Å². The maximum Gasteiger partial charge on any atom is 0.317 e.